The molecule has 0 saturated carbocycles. The smallest absolute Gasteiger partial charge is 0.265 e. The molecule has 1 unspecified atom stereocenters. The van der Waals surface area contributed by atoms with Crippen LogP contribution in [-0.2, 0) is 4.79 Å². The highest BCUT2D eigenvalue weighted by Crippen LogP contribution is 2.28. The largest absolute Gasteiger partial charge is 0.491 e. The number of carbonyl (C=O) groups excluding carboxylic acids is 1. The molecule has 1 amide bonds. The predicted octanol–water partition coefficient (Wildman–Crippen LogP) is 5.31. The van der Waals surface area contributed by atoms with Gasteiger partial charge in [-0.2, -0.15) is 0 Å². The summed E-state index contributed by atoms with van der Waals surface area (Å²) in [5, 5.41) is 2.89. The Labute approximate surface area is 156 Å². The minimum Gasteiger partial charge on any atom is -0.491 e. The van der Waals surface area contributed by atoms with Crippen LogP contribution in [0.2, 0.25) is 0 Å². The van der Waals surface area contributed by atoms with Crippen LogP contribution in [0, 0.1) is 6.92 Å². The highest BCUT2D eigenvalue weighted by molar-refractivity contribution is 5.94. The summed E-state index contributed by atoms with van der Waals surface area (Å²) in [6.45, 7) is 12.0. The minimum absolute atomic E-state index is 0.119. The lowest BCUT2D eigenvalue weighted by molar-refractivity contribution is -0.122. The van der Waals surface area contributed by atoms with Crippen molar-refractivity contribution in [3.8, 4) is 11.5 Å². The Hall–Kier alpha value is -2.49. The summed E-state index contributed by atoms with van der Waals surface area (Å²) in [6.07, 6.45) is -0.478. The number of anilines is 1. The van der Waals surface area contributed by atoms with Crippen LogP contribution in [0.25, 0.3) is 0 Å². The lowest BCUT2D eigenvalue weighted by atomic mass is 10.0. The maximum atomic E-state index is 12.5. The molecule has 0 aliphatic rings. The van der Waals surface area contributed by atoms with Gasteiger partial charge in [0.2, 0.25) is 0 Å². The Morgan fingerprint density at radius 2 is 1.58 bits per heavy atom. The molecule has 0 bridgehead atoms. The van der Waals surface area contributed by atoms with Gasteiger partial charge in [0.05, 0.1) is 6.10 Å². The van der Waals surface area contributed by atoms with E-state index < -0.39 is 6.10 Å². The van der Waals surface area contributed by atoms with E-state index in [4.69, 9.17) is 9.47 Å². The number of carbonyl (C=O) groups is 1. The van der Waals surface area contributed by atoms with Gasteiger partial charge >= 0.3 is 0 Å². The Morgan fingerprint density at radius 1 is 0.923 bits per heavy atom. The second kappa shape index (κ2) is 8.75. The van der Waals surface area contributed by atoms with Crippen molar-refractivity contribution < 1.29 is 14.3 Å². The van der Waals surface area contributed by atoms with E-state index in [-0.39, 0.29) is 12.0 Å². The molecule has 2 aromatic rings. The van der Waals surface area contributed by atoms with E-state index in [0.29, 0.717) is 5.92 Å². The van der Waals surface area contributed by atoms with Crippen LogP contribution < -0.4 is 14.8 Å². The number of nitrogens with one attached hydrogen (secondary N) is 1. The summed E-state index contributed by atoms with van der Waals surface area (Å²) in [5.74, 6) is 1.69. The number of hydrogen-bond acceptors (Lipinski definition) is 3. The van der Waals surface area contributed by atoms with Gasteiger partial charge in [0, 0.05) is 5.69 Å². The van der Waals surface area contributed by atoms with Crippen LogP contribution in [0.15, 0.2) is 42.5 Å². The first-order valence-corrected chi connectivity index (χ1v) is 9.11. The average molecular weight is 355 g/mol. The lowest BCUT2D eigenvalue weighted by Gasteiger charge is -2.19. The van der Waals surface area contributed by atoms with Gasteiger partial charge in [-0.15, -0.1) is 0 Å². The van der Waals surface area contributed by atoms with Gasteiger partial charge in [-0.25, -0.2) is 0 Å². The van der Waals surface area contributed by atoms with Crippen LogP contribution in [0.1, 0.15) is 51.7 Å². The van der Waals surface area contributed by atoms with Crippen LogP contribution in [0.4, 0.5) is 5.69 Å². The van der Waals surface area contributed by atoms with Gasteiger partial charge in [-0.05, 0) is 75.1 Å². The van der Waals surface area contributed by atoms with Crippen LogP contribution in [0.5, 0.6) is 11.5 Å². The molecule has 140 valence electrons. The summed E-state index contributed by atoms with van der Waals surface area (Å²) < 4.78 is 11.6. The molecule has 0 fully saturated rings. The monoisotopic (exact) mass is 355 g/mol. The molecule has 0 aliphatic carbocycles. The van der Waals surface area contributed by atoms with Crippen LogP contribution >= 0.6 is 0 Å². The van der Waals surface area contributed by atoms with Crippen molar-refractivity contribution >= 4 is 11.6 Å². The van der Waals surface area contributed by atoms with Gasteiger partial charge in [-0.1, -0.05) is 26.0 Å². The Balaban J connectivity index is 2.03. The maximum Gasteiger partial charge on any atom is 0.265 e. The molecule has 0 aromatic heterocycles. The van der Waals surface area contributed by atoms with Crippen molar-refractivity contribution in [3.63, 3.8) is 0 Å². The Kier molecular flexibility index (Phi) is 6.67. The van der Waals surface area contributed by atoms with E-state index in [1.807, 2.05) is 51.1 Å². The number of amides is 1. The van der Waals surface area contributed by atoms with E-state index in [1.165, 1.54) is 0 Å². The van der Waals surface area contributed by atoms with Gasteiger partial charge in [0.1, 0.15) is 11.5 Å². The first kappa shape index (κ1) is 19.8. The molecular weight excluding hydrogens is 326 g/mol. The van der Waals surface area contributed by atoms with Crippen molar-refractivity contribution in [2.24, 2.45) is 0 Å². The molecule has 0 saturated heterocycles. The summed E-state index contributed by atoms with van der Waals surface area (Å²) >= 11 is 0. The van der Waals surface area contributed by atoms with Gasteiger partial charge in [0.15, 0.2) is 6.10 Å². The van der Waals surface area contributed by atoms with Crippen molar-refractivity contribution in [2.75, 3.05) is 5.32 Å². The quantitative estimate of drug-likeness (QED) is 0.732. The van der Waals surface area contributed by atoms with E-state index in [2.05, 4.69) is 31.3 Å². The zero-order chi connectivity index (χ0) is 19.3. The first-order chi connectivity index (χ1) is 12.3. The normalized spacial score (nSPS) is 12.2. The zero-order valence-corrected chi connectivity index (χ0v) is 16.5. The van der Waals surface area contributed by atoms with E-state index in [9.17, 15) is 4.79 Å². The number of benzene rings is 2. The Bertz CT molecular complexity index is 736. The number of ether oxygens (including phenoxy) is 2. The summed E-state index contributed by atoms with van der Waals surface area (Å²) in [4.78, 5) is 12.5. The molecular formula is C22H29NO3. The molecule has 26 heavy (non-hydrogen) atoms. The van der Waals surface area contributed by atoms with E-state index in [0.717, 1.165) is 28.3 Å². The van der Waals surface area contributed by atoms with E-state index >= 15 is 0 Å². The highest BCUT2D eigenvalue weighted by atomic mass is 16.5. The molecule has 4 nitrogen and oxygen atoms in total. The topological polar surface area (TPSA) is 47.6 Å². The molecule has 1 atom stereocenters. The van der Waals surface area contributed by atoms with Crippen molar-refractivity contribution in [1.29, 1.82) is 0 Å². The van der Waals surface area contributed by atoms with Gasteiger partial charge in [-0.3, -0.25) is 4.79 Å². The molecule has 0 spiro atoms. The van der Waals surface area contributed by atoms with Crippen LogP contribution in [0.3, 0.4) is 0 Å². The highest BCUT2D eigenvalue weighted by Gasteiger charge is 2.18. The fourth-order valence-electron chi connectivity index (χ4n) is 2.60. The third-order valence-electron chi connectivity index (χ3n) is 3.96. The lowest BCUT2D eigenvalue weighted by Crippen LogP contribution is -2.30. The van der Waals surface area contributed by atoms with Crippen molar-refractivity contribution in [2.45, 2.75) is 59.7 Å². The molecule has 0 aliphatic heterocycles. The Morgan fingerprint density at radius 3 is 2.15 bits per heavy atom. The fourth-order valence-corrected chi connectivity index (χ4v) is 2.60. The molecule has 0 heterocycles. The standard InChI is InChI=1S/C22H29NO3/c1-14(2)20-12-7-16(5)13-21(20)26-17(6)22(24)23-18-8-10-19(11-9-18)25-15(3)4/h7-15,17H,1-6H3,(H,23,24). The molecule has 4 heteroatoms. The van der Waals surface area contributed by atoms with Crippen molar-refractivity contribution in [3.05, 3.63) is 53.6 Å². The van der Waals surface area contributed by atoms with Crippen molar-refractivity contribution in [1.82, 2.24) is 0 Å². The molecule has 0 radical (unpaired) electrons. The zero-order valence-electron chi connectivity index (χ0n) is 16.5. The first-order valence-electron chi connectivity index (χ1n) is 9.11. The van der Waals surface area contributed by atoms with E-state index in [1.54, 1.807) is 6.92 Å². The number of aryl methyl sites for hydroxylation is 1. The average Bonchev–Trinajstić information content (AvgIpc) is 2.55. The molecule has 2 aromatic carbocycles. The summed E-state index contributed by atoms with van der Waals surface area (Å²) in [6, 6.07) is 13.5. The number of hydrogen-bond donors (Lipinski definition) is 1. The third-order valence-corrected chi connectivity index (χ3v) is 3.96. The summed E-state index contributed by atoms with van der Waals surface area (Å²) in [5.41, 5.74) is 2.93. The second-order valence-corrected chi connectivity index (χ2v) is 7.14. The van der Waals surface area contributed by atoms with Crippen LogP contribution in [-0.4, -0.2) is 18.1 Å². The summed E-state index contributed by atoms with van der Waals surface area (Å²) in [7, 11) is 0. The number of rotatable bonds is 7. The fraction of sp³-hybridized carbons (Fsp3) is 0.409. The maximum absolute atomic E-state index is 12.5. The molecule has 2 rings (SSSR count). The third kappa shape index (κ3) is 5.51. The SMILES string of the molecule is Cc1ccc(C(C)C)c(OC(C)C(=O)Nc2ccc(OC(C)C)cc2)c1. The predicted molar refractivity (Wildman–Crippen MR) is 106 cm³/mol. The van der Waals surface area contributed by atoms with Gasteiger partial charge < -0.3 is 14.8 Å². The second-order valence-electron chi connectivity index (χ2n) is 7.14. The molecule has 1 N–H and O–H groups in total. The van der Waals surface area contributed by atoms with Gasteiger partial charge in [0.25, 0.3) is 5.91 Å². The minimum atomic E-state index is -0.596.